The second kappa shape index (κ2) is 7.45. The minimum atomic E-state index is 0. The molecule has 1 N–H and O–H groups in total. The van der Waals surface area contributed by atoms with Crippen LogP contribution in [0.3, 0.4) is 0 Å². The third kappa shape index (κ3) is 4.35. The Labute approximate surface area is 126 Å². The predicted molar refractivity (Wildman–Crippen MR) is 82.8 cm³/mol. The number of aryl methyl sites for hydroxylation is 2. The Morgan fingerprint density at radius 1 is 1.30 bits per heavy atom. The Balaban J connectivity index is 0.00000200. The number of aromatic nitrogens is 4. The van der Waals surface area contributed by atoms with E-state index in [-0.39, 0.29) is 12.4 Å². The van der Waals surface area contributed by atoms with Crippen molar-refractivity contribution in [1.29, 1.82) is 0 Å². The fraction of sp³-hybridized carbons (Fsp3) is 0.571. The van der Waals surface area contributed by atoms with Gasteiger partial charge in [0.2, 0.25) is 0 Å². The van der Waals surface area contributed by atoms with Gasteiger partial charge in [0.25, 0.3) is 0 Å². The Hall–Kier alpha value is -1.33. The topological polar surface area (TPSA) is 47.7 Å². The van der Waals surface area contributed by atoms with Crippen molar-refractivity contribution in [2.75, 3.05) is 0 Å². The van der Waals surface area contributed by atoms with Gasteiger partial charge in [0.15, 0.2) is 0 Å². The van der Waals surface area contributed by atoms with E-state index in [1.54, 1.807) is 0 Å². The van der Waals surface area contributed by atoms with Gasteiger partial charge in [-0.15, -0.1) is 12.4 Å². The molecule has 0 spiro atoms. The van der Waals surface area contributed by atoms with Gasteiger partial charge in [-0.25, -0.2) is 0 Å². The molecule has 6 heteroatoms. The fourth-order valence-corrected chi connectivity index (χ4v) is 2.17. The minimum absolute atomic E-state index is 0. The Morgan fingerprint density at radius 3 is 2.65 bits per heavy atom. The first-order valence-electron chi connectivity index (χ1n) is 6.76. The lowest BCUT2D eigenvalue weighted by Gasteiger charge is -2.10. The van der Waals surface area contributed by atoms with Gasteiger partial charge in [0.05, 0.1) is 11.4 Å². The first kappa shape index (κ1) is 16.7. The molecule has 0 atom stereocenters. The van der Waals surface area contributed by atoms with Crippen LogP contribution in [0.4, 0.5) is 0 Å². The van der Waals surface area contributed by atoms with Crippen LogP contribution < -0.4 is 5.32 Å². The van der Waals surface area contributed by atoms with Crippen molar-refractivity contribution in [2.24, 2.45) is 13.0 Å². The van der Waals surface area contributed by atoms with Gasteiger partial charge in [-0.05, 0) is 18.9 Å². The number of rotatable bonds is 6. The number of nitrogens with zero attached hydrogens (tertiary/aromatic N) is 4. The summed E-state index contributed by atoms with van der Waals surface area (Å²) in [5.41, 5.74) is 3.57. The number of nitrogens with one attached hydrogen (secondary N) is 1. The van der Waals surface area contributed by atoms with E-state index in [4.69, 9.17) is 0 Å². The van der Waals surface area contributed by atoms with Crippen molar-refractivity contribution in [3.05, 3.63) is 35.4 Å². The third-order valence-corrected chi connectivity index (χ3v) is 3.08. The molecular weight excluding hydrogens is 274 g/mol. The summed E-state index contributed by atoms with van der Waals surface area (Å²) < 4.78 is 3.93. The highest BCUT2D eigenvalue weighted by Gasteiger charge is 2.06. The van der Waals surface area contributed by atoms with E-state index in [0.29, 0.717) is 5.92 Å². The molecule has 0 radical (unpaired) electrons. The van der Waals surface area contributed by atoms with E-state index in [2.05, 4.69) is 46.3 Å². The molecule has 0 aromatic carbocycles. The molecule has 5 nitrogen and oxygen atoms in total. The summed E-state index contributed by atoms with van der Waals surface area (Å²) in [4.78, 5) is 0. The quantitative estimate of drug-likeness (QED) is 0.890. The molecule has 2 aromatic rings. The maximum Gasteiger partial charge on any atom is 0.0638 e. The highest BCUT2D eigenvalue weighted by atomic mass is 35.5. The van der Waals surface area contributed by atoms with Gasteiger partial charge in [-0.2, -0.15) is 10.2 Å². The molecule has 0 amide bonds. The summed E-state index contributed by atoms with van der Waals surface area (Å²) in [6.07, 6.45) is 3.93. The lowest BCUT2D eigenvalue weighted by Crippen LogP contribution is -2.18. The molecule has 0 unspecified atom stereocenters. The molecular formula is C14H24ClN5. The Kier molecular flexibility index (Phi) is 6.23. The van der Waals surface area contributed by atoms with E-state index < -0.39 is 0 Å². The number of hydrogen-bond acceptors (Lipinski definition) is 3. The van der Waals surface area contributed by atoms with Crippen molar-refractivity contribution >= 4 is 12.4 Å². The molecule has 2 rings (SSSR count). The molecule has 0 fully saturated rings. The van der Waals surface area contributed by atoms with Crippen LogP contribution >= 0.6 is 12.4 Å². The summed E-state index contributed by atoms with van der Waals surface area (Å²) >= 11 is 0. The first-order chi connectivity index (χ1) is 9.06. The highest BCUT2D eigenvalue weighted by Crippen LogP contribution is 2.06. The third-order valence-electron chi connectivity index (χ3n) is 3.08. The number of hydrogen-bond donors (Lipinski definition) is 1. The molecule has 0 aliphatic rings. The van der Waals surface area contributed by atoms with Crippen molar-refractivity contribution < 1.29 is 0 Å². The zero-order chi connectivity index (χ0) is 13.8. The maximum absolute atomic E-state index is 4.36. The van der Waals surface area contributed by atoms with Gasteiger partial charge < -0.3 is 5.32 Å². The van der Waals surface area contributed by atoms with Gasteiger partial charge in [-0.3, -0.25) is 9.36 Å². The monoisotopic (exact) mass is 297 g/mol. The molecule has 0 aliphatic carbocycles. The van der Waals surface area contributed by atoms with Gasteiger partial charge >= 0.3 is 0 Å². The summed E-state index contributed by atoms with van der Waals surface area (Å²) in [7, 11) is 1.95. The number of halogens is 1. The van der Waals surface area contributed by atoms with E-state index in [1.165, 1.54) is 11.3 Å². The van der Waals surface area contributed by atoms with Crippen molar-refractivity contribution in [3.63, 3.8) is 0 Å². The van der Waals surface area contributed by atoms with Gasteiger partial charge in [0, 0.05) is 44.6 Å². The summed E-state index contributed by atoms with van der Waals surface area (Å²) in [6, 6.07) is 2.07. The van der Waals surface area contributed by atoms with Crippen LogP contribution in [0.5, 0.6) is 0 Å². The van der Waals surface area contributed by atoms with Crippen LogP contribution in [0, 0.1) is 12.8 Å². The zero-order valence-electron chi connectivity index (χ0n) is 12.6. The largest absolute Gasteiger partial charge is 0.307 e. The van der Waals surface area contributed by atoms with Crippen molar-refractivity contribution in [2.45, 2.75) is 40.4 Å². The molecule has 0 bridgehead atoms. The average molecular weight is 298 g/mol. The van der Waals surface area contributed by atoms with Gasteiger partial charge in [-0.1, -0.05) is 13.8 Å². The van der Waals surface area contributed by atoms with E-state index in [1.807, 2.05) is 24.9 Å². The van der Waals surface area contributed by atoms with Crippen LogP contribution in [0.25, 0.3) is 0 Å². The Bertz CT molecular complexity index is 529. The van der Waals surface area contributed by atoms with Crippen molar-refractivity contribution in [1.82, 2.24) is 24.9 Å². The van der Waals surface area contributed by atoms with E-state index >= 15 is 0 Å². The molecule has 20 heavy (non-hydrogen) atoms. The van der Waals surface area contributed by atoms with E-state index in [9.17, 15) is 0 Å². The Morgan fingerprint density at radius 2 is 2.05 bits per heavy atom. The standard InChI is InChI=1S/C14H23N5.ClH/c1-11(2)9-19-14(5-6-16-19)8-15-7-13-10-18(4)17-12(13)3;/h5-6,10-11,15H,7-9H2,1-4H3;1H. The normalized spacial score (nSPS) is 10.8. The SMILES string of the molecule is Cc1nn(C)cc1CNCc1ccnn1CC(C)C.Cl. The predicted octanol–water partition coefficient (Wildman–Crippen LogP) is 2.29. The summed E-state index contributed by atoms with van der Waals surface area (Å²) in [5, 5.41) is 12.2. The molecule has 2 heterocycles. The molecule has 0 saturated carbocycles. The van der Waals surface area contributed by atoms with Crippen LogP contribution in [0.2, 0.25) is 0 Å². The van der Waals surface area contributed by atoms with Crippen molar-refractivity contribution in [3.8, 4) is 0 Å². The fourth-order valence-electron chi connectivity index (χ4n) is 2.17. The van der Waals surface area contributed by atoms with Crippen LogP contribution in [0.1, 0.15) is 30.8 Å². The average Bonchev–Trinajstić information content (AvgIpc) is 2.86. The summed E-state index contributed by atoms with van der Waals surface area (Å²) in [6.45, 7) is 9.10. The van der Waals surface area contributed by atoms with Crippen LogP contribution in [0.15, 0.2) is 18.5 Å². The first-order valence-corrected chi connectivity index (χ1v) is 6.76. The second-order valence-corrected chi connectivity index (χ2v) is 5.42. The smallest absolute Gasteiger partial charge is 0.0638 e. The highest BCUT2D eigenvalue weighted by molar-refractivity contribution is 5.85. The molecule has 0 aliphatic heterocycles. The summed E-state index contributed by atoms with van der Waals surface area (Å²) in [5.74, 6) is 0.610. The zero-order valence-corrected chi connectivity index (χ0v) is 13.4. The lowest BCUT2D eigenvalue weighted by molar-refractivity contribution is 0.461. The molecule has 112 valence electrons. The van der Waals surface area contributed by atoms with E-state index in [0.717, 1.165) is 25.3 Å². The molecule has 0 saturated heterocycles. The lowest BCUT2D eigenvalue weighted by atomic mass is 10.2. The van der Waals surface area contributed by atoms with Crippen LogP contribution in [-0.4, -0.2) is 19.6 Å². The minimum Gasteiger partial charge on any atom is -0.307 e. The van der Waals surface area contributed by atoms with Crippen LogP contribution in [-0.2, 0) is 26.7 Å². The second-order valence-electron chi connectivity index (χ2n) is 5.42. The van der Waals surface area contributed by atoms with Gasteiger partial charge in [0.1, 0.15) is 0 Å². The molecule has 2 aromatic heterocycles. The maximum atomic E-state index is 4.36.